The van der Waals surface area contributed by atoms with Gasteiger partial charge in [-0.3, -0.25) is 4.90 Å². The molecular formula is C21H38N4. The van der Waals surface area contributed by atoms with Gasteiger partial charge >= 0.3 is 0 Å². The van der Waals surface area contributed by atoms with E-state index in [2.05, 4.69) is 26.7 Å². The van der Waals surface area contributed by atoms with E-state index in [-0.39, 0.29) is 0 Å². The maximum absolute atomic E-state index is 4.36. The van der Waals surface area contributed by atoms with E-state index in [0.717, 1.165) is 32.1 Å². The second-order valence-electron chi connectivity index (χ2n) is 7.41. The Hall–Kier alpha value is -1.16. The van der Waals surface area contributed by atoms with E-state index in [0.29, 0.717) is 0 Å². The Balaban J connectivity index is 1.40. The fourth-order valence-electron chi connectivity index (χ4n) is 3.63. The third kappa shape index (κ3) is 8.66. The summed E-state index contributed by atoms with van der Waals surface area (Å²) in [6.07, 6.45) is 19.3. The fourth-order valence-corrected chi connectivity index (χ4v) is 3.63. The Bertz CT molecular complexity index is 415. The highest BCUT2D eigenvalue weighted by molar-refractivity contribution is 5.29. The third-order valence-corrected chi connectivity index (χ3v) is 5.29. The van der Waals surface area contributed by atoms with Crippen molar-refractivity contribution in [1.82, 2.24) is 14.9 Å². The van der Waals surface area contributed by atoms with Crippen molar-refractivity contribution in [3.05, 3.63) is 18.5 Å². The third-order valence-electron chi connectivity index (χ3n) is 5.29. The standard InChI is InChI=1S/C21H38N4/c1-2-3-4-5-6-7-8-9-10-11-12-16-24-17-19-25(20-18-24)21-22-14-13-15-23-21/h13-15H,2-12,16-20H2,1H3. The molecule has 0 atom stereocenters. The van der Waals surface area contributed by atoms with Crippen molar-refractivity contribution in [3.63, 3.8) is 0 Å². The van der Waals surface area contributed by atoms with Gasteiger partial charge in [0.2, 0.25) is 5.95 Å². The Kier molecular flexibility index (Phi) is 10.6. The van der Waals surface area contributed by atoms with Crippen LogP contribution >= 0.6 is 0 Å². The lowest BCUT2D eigenvalue weighted by Crippen LogP contribution is -2.47. The first kappa shape index (κ1) is 20.2. The maximum atomic E-state index is 4.36. The summed E-state index contributed by atoms with van der Waals surface area (Å²) in [5, 5.41) is 0. The van der Waals surface area contributed by atoms with Crippen LogP contribution in [0.25, 0.3) is 0 Å². The van der Waals surface area contributed by atoms with Crippen molar-refractivity contribution in [2.75, 3.05) is 37.6 Å². The fraction of sp³-hybridized carbons (Fsp3) is 0.810. The van der Waals surface area contributed by atoms with E-state index in [4.69, 9.17) is 0 Å². The number of aromatic nitrogens is 2. The Labute approximate surface area is 155 Å². The molecule has 1 aliphatic rings. The zero-order chi connectivity index (χ0) is 17.6. The largest absolute Gasteiger partial charge is 0.338 e. The number of piperazine rings is 1. The van der Waals surface area contributed by atoms with Crippen LogP contribution in [0.3, 0.4) is 0 Å². The van der Waals surface area contributed by atoms with Crippen molar-refractivity contribution < 1.29 is 0 Å². The van der Waals surface area contributed by atoms with Gasteiger partial charge in [-0.25, -0.2) is 9.97 Å². The van der Waals surface area contributed by atoms with Crippen LogP contribution in [0, 0.1) is 0 Å². The van der Waals surface area contributed by atoms with Gasteiger partial charge in [0.05, 0.1) is 0 Å². The molecule has 0 aliphatic carbocycles. The SMILES string of the molecule is CCCCCCCCCCCCCN1CCN(c2ncccn2)CC1. The molecular weight excluding hydrogens is 308 g/mol. The number of hydrogen-bond donors (Lipinski definition) is 0. The zero-order valence-corrected chi connectivity index (χ0v) is 16.3. The second-order valence-corrected chi connectivity index (χ2v) is 7.41. The minimum atomic E-state index is 0.886. The molecule has 25 heavy (non-hydrogen) atoms. The van der Waals surface area contributed by atoms with E-state index in [1.165, 1.54) is 77.2 Å². The summed E-state index contributed by atoms with van der Waals surface area (Å²) in [5.41, 5.74) is 0. The number of nitrogens with zero attached hydrogens (tertiary/aromatic N) is 4. The molecule has 2 rings (SSSR count). The zero-order valence-electron chi connectivity index (χ0n) is 16.3. The lowest BCUT2D eigenvalue weighted by atomic mass is 10.1. The number of unbranched alkanes of at least 4 members (excludes halogenated alkanes) is 10. The summed E-state index contributed by atoms with van der Waals surface area (Å²) in [6, 6.07) is 1.88. The van der Waals surface area contributed by atoms with Crippen LogP contribution < -0.4 is 4.90 Å². The predicted molar refractivity (Wildman–Crippen MR) is 107 cm³/mol. The minimum absolute atomic E-state index is 0.886. The molecule has 4 nitrogen and oxygen atoms in total. The molecule has 1 aliphatic heterocycles. The second kappa shape index (κ2) is 13.1. The van der Waals surface area contributed by atoms with Crippen LogP contribution in [0.1, 0.15) is 77.6 Å². The summed E-state index contributed by atoms with van der Waals surface area (Å²) < 4.78 is 0. The van der Waals surface area contributed by atoms with E-state index in [1.54, 1.807) is 0 Å². The van der Waals surface area contributed by atoms with E-state index >= 15 is 0 Å². The summed E-state index contributed by atoms with van der Waals surface area (Å²) in [6.45, 7) is 7.97. The highest BCUT2D eigenvalue weighted by atomic mass is 15.3. The van der Waals surface area contributed by atoms with Crippen molar-refractivity contribution in [3.8, 4) is 0 Å². The van der Waals surface area contributed by atoms with Gasteiger partial charge in [-0.05, 0) is 19.0 Å². The van der Waals surface area contributed by atoms with Crippen LogP contribution in [0.4, 0.5) is 5.95 Å². The molecule has 0 spiro atoms. The van der Waals surface area contributed by atoms with Crippen LogP contribution in [0.5, 0.6) is 0 Å². The molecule has 4 heteroatoms. The van der Waals surface area contributed by atoms with Crippen LogP contribution in [0.2, 0.25) is 0 Å². The van der Waals surface area contributed by atoms with Crippen molar-refractivity contribution in [2.24, 2.45) is 0 Å². The average Bonchev–Trinajstić information content (AvgIpc) is 2.67. The molecule has 1 aromatic rings. The first-order chi connectivity index (χ1) is 12.4. The van der Waals surface area contributed by atoms with Crippen LogP contribution in [-0.4, -0.2) is 47.6 Å². The van der Waals surface area contributed by atoms with Gasteiger partial charge in [0.1, 0.15) is 0 Å². The number of hydrogen-bond acceptors (Lipinski definition) is 4. The van der Waals surface area contributed by atoms with Gasteiger partial charge in [-0.15, -0.1) is 0 Å². The number of rotatable bonds is 13. The quantitative estimate of drug-likeness (QED) is 0.475. The highest BCUT2D eigenvalue weighted by Crippen LogP contribution is 2.13. The number of anilines is 1. The monoisotopic (exact) mass is 346 g/mol. The van der Waals surface area contributed by atoms with E-state index in [9.17, 15) is 0 Å². The first-order valence-electron chi connectivity index (χ1n) is 10.6. The highest BCUT2D eigenvalue weighted by Gasteiger charge is 2.17. The van der Waals surface area contributed by atoms with Crippen LogP contribution in [-0.2, 0) is 0 Å². The molecule has 142 valence electrons. The molecule has 0 bridgehead atoms. The van der Waals surface area contributed by atoms with E-state index < -0.39 is 0 Å². The topological polar surface area (TPSA) is 32.3 Å². The normalized spacial score (nSPS) is 15.6. The smallest absolute Gasteiger partial charge is 0.225 e. The van der Waals surface area contributed by atoms with Crippen molar-refractivity contribution in [1.29, 1.82) is 0 Å². The summed E-state index contributed by atoms with van der Waals surface area (Å²) in [4.78, 5) is 13.6. The molecule has 2 heterocycles. The summed E-state index contributed by atoms with van der Waals surface area (Å²) >= 11 is 0. The van der Waals surface area contributed by atoms with Crippen LogP contribution in [0.15, 0.2) is 18.5 Å². The molecule has 1 aromatic heterocycles. The molecule has 0 N–H and O–H groups in total. The molecule has 0 saturated carbocycles. The summed E-state index contributed by atoms with van der Waals surface area (Å²) in [5.74, 6) is 0.886. The minimum Gasteiger partial charge on any atom is -0.338 e. The Morgan fingerprint density at radius 3 is 1.80 bits per heavy atom. The average molecular weight is 347 g/mol. The molecule has 0 aromatic carbocycles. The maximum Gasteiger partial charge on any atom is 0.225 e. The van der Waals surface area contributed by atoms with Gasteiger partial charge in [0, 0.05) is 38.6 Å². The van der Waals surface area contributed by atoms with Crippen molar-refractivity contribution in [2.45, 2.75) is 77.6 Å². The van der Waals surface area contributed by atoms with Gasteiger partial charge in [0.25, 0.3) is 0 Å². The lowest BCUT2D eigenvalue weighted by Gasteiger charge is -2.34. The summed E-state index contributed by atoms with van der Waals surface area (Å²) in [7, 11) is 0. The molecule has 0 radical (unpaired) electrons. The molecule has 0 unspecified atom stereocenters. The van der Waals surface area contributed by atoms with Crippen molar-refractivity contribution >= 4 is 5.95 Å². The molecule has 1 fully saturated rings. The first-order valence-corrected chi connectivity index (χ1v) is 10.6. The lowest BCUT2D eigenvalue weighted by molar-refractivity contribution is 0.250. The van der Waals surface area contributed by atoms with Gasteiger partial charge in [0.15, 0.2) is 0 Å². The van der Waals surface area contributed by atoms with Gasteiger partial charge in [-0.1, -0.05) is 71.1 Å². The van der Waals surface area contributed by atoms with Gasteiger partial charge in [-0.2, -0.15) is 0 Å². The predicted octanol–water partition coefficient (Wildman–Crippen LogP) is 4.91. The Morgan fingerprint density at radius 2 is 1.24 bits per heavy atom. The molecule has 1 saturated heterocycles. The Morgan fingerprint density at radius 1 is 0.720 bits per heavy atom. The molecule has 0 amide bonds. The van der Waals surface area contributed by atoms with E-state index in [1.807, 2.05) is 18.5 Å². The van der Waals surface area contributed by atoms with Gasteiger partial charge < -0.3 is 4.90 Å².